The van der Waals surface area contributed by atoms with Crippen LogP contribution < -0.4 is 21.8 Å². The molecule has 0 saturated heterocycles. The second kappa shape index (κ2) is 3.72. The topological polar surface area (TPSA) is 58.3 Å². The van der Waals surface area contributed by atoms with E-state index in [1.54, 1.807) is 11.0 Å². The molecule has 0 radical (unpaired) electrons. The van der Waals surface area contributed by atoms with Crippen LogP contribution in [0.2, 0.25) is 0 Å². The zero-order chi connectivity index (χ0) is 7.68. The molecule has 0 bridgehead atoms. The Balaban J connectivity index is 0.000000720. The number of nitrogens with zero attached hydrogens (tertiary/aromatic N) is 4. The number of aromatic nitrogens is 5. The SMILES string of the molecule is Cc1nn[n+](-c2nccs2)[nH]1.[Br-]. The monoisotopic (exact) mass is 247 g/mol. The zero-order valence-electron chi connectivity index (χ0n) is 6.23. The second-order valence-corrected chi connectivity index (χ2v) is 2.89. The van der Waals surface area contributed by atoms with E-state index in [4.69, 9.17) is 0 Å². The van der Waals surface area contributed by atoms with Gasteiger partial charge in [-0.3, -0.25) is 0 Å². The summed E-state index contributed by atoms with van der Waals surface area (Å²) in [5.41, 5.74) is 0. The van der Waals surface area contributed by atoms with Gasteiger partial charge in [0.15, 0.2) is 0 Å². The summed E-state index contributed by atoms with van der Waals surface area (Å²) < 4.78 is 0. The smallest absolute Gasteiger partial charge is 0.363 e. The minimum atomic E-state index is 0. The Labute approximate surface area is 83.2 Å². The van der Waals surface area contributed by atoms with Crippen LogP contribution in [0.3, 0.4) is 0 Å². The van der Waals surface area contributed by atoms with Gasteiger partial charge < -0.3 is 17.0 Å². The van der Waals surface area contributed by atoms with Crippen LogP contribution in [0, 0.1) is 6.92 Å². The molecule has 0 fully saturated rings. The molecule has 2 aromatic rings. The molecule has 0 aliphatic heterocycles. The highest BCUT2D eigenvalue weighted by atomic mass is 79.9. The third kappa shape index (κ3) is 1.67. The number of hydrogen-bond acceptors (Lipinski definition) is 4. The fourth-order valence-corrected chi connectivity index (χ4v) is 1.26. The van der Waals surface area contributed by atoms with Crippen LogP contribution in [0.1, 0.15) is 5.82 Å². The second-order valence-electron chi connectivity index (χ2n) is 2.01. The third-order valence-corrected chi connectivity index (χ3v) is 1.90. The third-order valence-electron chi connectivity index (χ3n) is 1.15. The fourth-order valence-electron chi connectivity index (χ4n) is 0.716. The average Bonchev–Trinajstić information content (AvgIpc) is 2.55. The lowest BCUT2D eigenvalue weighted by molar-refractivity contribution is -0.716. The highest BCUT2D eigenvalue weighted by Crippen LogP contribution is 2.00. The number of rotatable bonds is 1. The first-order valence-corrected chi connectivity index (χ1v) is 3.96. The largest absolute Gasteiger partial charge is 1.00 e. The molecule has 7 heteroatoms. The number of thiazole rings is 1. The molecule has 2 heterocycles. The van der Waals surface area contributed by atoms with Crippen molar-refractivity contribution in [3.05, 3.63) is 17.4 Å². The first-order chi connectivity index (χ1) is 5.36. The van der Waals surface area contributed by atoms with Gasteiger partial charge in [0.05, 0.1) is 5.21 Å². The van der Waals surface area contributed by atoms with Crippen LogP contribution in [0.25, 0.3) is 5.13 Å². The number of tetrazole rings is 1. The predicted molar refractivity (Wildman–Crippen MR) is 38.3 cm³/mol. The maximum absolute atomic E-state index is 4.05. The molecule has 0 aromatic carbocycles. The van der Waals surface area contributed by atoms with E-state index in [9.17, 15) is 0 Å². The van der Waals surface area contributed by atoms with Crippen molar-refractivity contribution in [3.8, 4) is 5.13 Å². The molecular formula is C5H6BrN5S. The van der Waals surface area contributed by atoms with Crippen molar-refractivity contribution in [2.45, 2.75) is 6.92 Å². The van der Waals surface area contributed by atoms with Crippen LogP contribution in [0.4, 0.5) is 0 Å². The van der Waals surface area contributed by atoms with Crippen LogP contribution in [0.5, 0.6) is 0 Å². The van der Waals surface area contributed by atoms with Crippen LogP contribution in [-0.4, -0.2) is 20.4 Å². The lowest BCUT2D eigenvalue weighted by Crippen LogP contribution is -3.00. The van der Waals surface area contributed by atoms with Gasteiger partial charge in [-0.25, -0.2) is 0 Å². The van der Waals surface area contributed by atoms with Crippen molar-refractivity contribution < 1.29 is 21.8 Å². The molecule has 0 spiro atoms. The summed E-state index contributed by atoms with van der Waals surface area (Å²) in [4.78, 5) is 5.59. The van der Waals surface area contributed by atoms with Gasteiger partial charge in [0.25, 0.3) is 0 Å². The highest BCUT2D eigenvalue weighted by Gasteiger charge is 2.09. The number of aryl methyl sites for hydroxylation is 1. The summed E-state index contributed by atoms with van der Waals surface area (Å²) in [7, 11) is 0. The summed E-state index contributed by atoms with van der Waals surface area (Å²) in [6.45, 7) is 1.84. The summed E-state index contributed by atoms with van der Waals surface area (Å²) >= 11 is 1.51. The fraction of sp³-hybridized carbons (Fsp3) is 0.200. The van der Waals surface area contributed by atoms with Gasteiger partial charge in [-0.15, -0.1) is 0 Å². The summed E-state index contributed by atoms with van der Waals surface area (Å²) in [5.74, 6) is 0.778. The number of aromatic amines is 1. The van der Waals surface area contributed by atoms with Crippen LogP contribution in [0.15, 0.2) is 11.6 Å². The molecule has 2 aromatic heterocycles. The van der Waals surface area contributed by atoms with Crippen LogP contribution in [-0.2, 0) is 0 Å². The minimum Gasteiger partial charge on any atom is -1.00 e. The summed E-state index contributed by atoms with van der Waals surface area (Å²) in [6.07, 6.45) is 1.73. The first-order valence-electron chi connectivity index (χ1n) is 3.08. The van der Waals surface area contributed by atoms with Gasteiger partial charge in [-0.1, -0.05) is 16.3 Å². The van der Waals surface area contributed by atoms with E-state index in [1.807, 2.05) is 12.3 Å². The standard InChI is InChI=1S/C5H5N5S.BrH/c1-4-7-9-10(8-4)5-6-2-3-11-5;/h2-3H,1H3;1H. The molecule has 5 nitrogen and oxygen atoms in total. The van der Waals surface area contributed by atoms with Gasteiger partial charge in [-0.2, -0.15) is 5.10 Å². The lowest BCUT2D eigenvalue weighted by Gasteiger charge is -1.78. The van der Waals surface area contributed by atoms with E-state index in [2.05, 4.69) is 20.4 Å². The Morgan fingerprint density at radius 3 is 2.92 bits per heavy atom. The van der Waals surface area contributed by atoms with Gasteiger partial charge >= 0.3 is 5.13 Å². The normalized spacial score (nSPS) is 9.42. The Bertz CT molecular complexity index is 342. The molecule has 0 unspecified atom stereocenters. The Morgan fingerprint density at radius 2 is 2.42 bits per heavy atom. The molecule has 12 heavy (non-hydrogen) atoms. The van der Waals surface area contributed by atoms with Crippen molar-refractivity contribution in [2.75, 3.05) is 0 Å². The van der Waals surface area contributed by atoms with E-state index >= 15 is 0 Å². The number of nitrogens with one attached hydrogen (secondary N) is 1. The first kappa shape index (κ1) is 9.27. The van der Waals surface area contributed by atoms with E-state index in [-0.39, 0.29) is 17.0 Å². The number of H-pyrrole nitrogens is 1. The summed E-state index contributed by atoms with van der Waals surface area (Å²) in [6, 6.07) is 0. The van der Waals surface area contributed by atoms with Gasteiger partial charge in [0.2, 0.25) is 5.82 Å². The maximum Gasteiger partial charge on any atom is 0.363 e. The molecule has 1 N–H and O–H groups in total. The molecule has 0 aliphatic rings. The van der Waals surface area contributed by atoms with Crippen molar-refractivity contribution in [1.29, 1.82) is 0 Å². The zero-order valence-corrected chi connectivity index (χ0v) is 8.63. The Kier molecular flexibility index (Phi) is 2.88. The van der Waals surface area contributed by atoms with E-state index in [1.165, 1.54) is 11.3 Å². The van der Waals surface area contributed by atoms with E-state index in [0.29, 0.717) is 0 Å². The molecule has 0 aliphatic carbocycles. The molecule has 0 amide bonds. The van der Waals surface area contributed by atoms with Gasteiger partial charge in [-0.05, 0) is 4.80 Å². The lowest BCUT2D eigenvalue weighted by atomic mass is 10.8. The quantitative estimate of drug-likeness (QED) is 0.542. The van der Waals surface area contributed by atoms with Crippen molar-refractivity contribution >= 4 is 11.3 Å². The Hall–Kier alpha value is -0.820. The predicted octanol–water partition coefficient (Wildman–Crippen LogP) is -3.15. The molecule has 0 saturated carbocycles. The number of halogens is 1. The minimum absolute atomic E-state index is 0. The summed E-state index contributed by atoms with van der Waals surface area (Å²) in [5, 5.41) is 13.2. The van der Waals surface area contributed by atoms with Gasteiger partial charge in [0.1, 0.15) is 6.20 Å². The van der Waals surface area contributed by atoms with E-state index < -0.39 is 0 Å². The average molecular weight is 248 g/mol. The van der Waals surface area contributed by atoms with Crippen molar-refractivity contribution in [2.24, 2.45) is 0 Å². The molecule has 0 atom stereocenters. The van der Waals surface area contributed by atoms with Crippen molar-refractivity contribution in [3.63, 3.8) is 0 Å². The molecule has 2 rings (SSSR count). The van der Waals surface area contributed by atoms with Gasteiger partial charge in [0, 0.05) is 17.4 Å². The maximum atomic E-state index is 4.05. The number of hydrogen-bond donors (Lipinski definition) is 1. The van der Waals surface area contributed by atoms with E-state index in [0.717, 1.165) is 11.0 Å². The molecular weight excluding hydrogens is 242 g/mol. The van der Waals surface area contributed by atoms with Crippen LogP contribution >= 0.6 is 11.3 Å². The highest BCUT2D eigenvalue weighted by molar-refractivity contribution is 7.11. The van der Waals surface area contributed by atoms with Crippen molar-refractivity contribution in [1.82, 2.24) is 20.4 Å². The Morgan fingerprint density at radius 1 is 1.58 bits per heavy atom. The molecule has 64 valence electrons.